The first kappa shape index (κ1) is 15.4. The zero-order valence-electron chi connectivity index (χ0n) is 10.9. The summed E-state index contributed by atoms with van der Waals surface area (Å²) in [5, 5.41) is 2.94. The number of nitrogens with one attached hydrogen (secondary N) is 1. The predicted molar refractivity (Wildman–Crippen MR) is 69.2 cm³/mol. The molecule has 0 radical (unpaired) electrons. The molecule has 1 amide bonds. The summed E-state index contributed by atoms with van der Waals surface area (Å²) in [6.07, 6.45) is 8.14. The van der Waals surface area contributed by atoms with Crippen molar-refractivity contribution in [1.29, 1.82) is 0 Å². The number of unbranched alkanes of at least 4 members (excludes halogenated alkanes) is 5. The Kier molecular flexibility index (Phi) is 10.5. The standard InChI is InChI=1S/C13H28N2O/c1-3-4-5-6-7-8-9-15-13(16)10-12(2)11-14/h12H,3-11,14H2,1-2H3,(H,15,16). The summed E-state index contributed by atoms with van der Waals surface area (Å²) >= 11 is 0. The molecular weight excluding hydrogens is 200 g/mol. The zero-order chi connectivity index (χ0) is 12.2. The minimum Gasteiger partial charge on any atom is -0.356 e. The maximum absolute atomic E-state index is 11.4. The average Bonchev–Trinajstić information content (AvgIpc) is 2.27. The lowest BCUT2D eigenvalue weighted by Gasteiger charge is -2.08. The summed E-state index contributed by atoms with van der Waals surface area (Å²) in [5.41, 5.74) is 5.46. The molecule has 0 aliphatic heterocycles. The highest BCUT2D eigenvalue weighted by Gasteiger charge is 2.05. The lowest BCUT2D eigenvalue weighted by Crippen LogP contribution is -2.27. The van der Waals surface area contributed by atoms with Gasteiger partial charge in [-0.15, -0.1) is 0 Å². The number of nitrogens with two attached hydrogens (primary N) is 1. The van der Waals surface area contributed by atoms with Crippen molar-refractivity contribution in [3.05, 3.63) is 0 Å². The van der Waals surface area contributed by atoms with E-state index in [4.69, 9.17) is 5.73 Å². The molecule has 0 bridgehead atoms. The fourth-order valence-electron chi connectivity index (χ4n) is 1.61. The van der Waals surface area contributed by atoms with Gasteiger partial charge in [0.15, 0.2) is 0 Å². The van der Waals surface area contributed by atoms with E-state index in [1.807, 2.05) is 6.92 Å². The van der Waals surface area contributed by atoms with Crippen molar-refractivity contribution < 1.29 is 4.79 Å². The van der Waals surface area contributed by atoms with Gasteiger partial charge in [0.2, 0.25) is 5.91 Å². The number of hydrogen-bond donors (Lipinski definition) is 2. The van der Waals surface area contributed by atoms with Gasteiger partial charge >= 0.3 is 0 Å². The summed E-state index contributed by atoms with van der Waals surface area (Å²) in [4.78, 5) is 11.4. The molecule has 0 fully saturated rings. The van der Waals surface area contributed by atoms with E-state index in [-0.39, 0.29) is 5.91 Å². The van der Waals surface area contributed by atoms with Crippen LogP contribution in [-0.4, -0.2) is 19.0 Å². The van der Waals surface area contributed by atoms with Crippen molar-refractivity contribution >= 4 is 5.91 Å². The predicted octanol–water partition coefficient (Wildman–Crippen LogP) is 2.45. The molecule has 1 atom stereocenters. The van der Waals surface area contributed by atoms with Gasteiger partial charge in [-0.05, 0) is 18.9 Å². The molecule has 0 saturated heterocycles. The molecule has 3 N–H and O–H groups in total. The molecule has 0 aliphatic rings. The van der Waals surface area contributed by atoms with Crippen LogP contribution in [0.2, 0.25) is 0 Å². The highest BCUT2D eigenvalue weighted by atomic mass is 16.1. The first-order chi connectivity index (χ1) is 7.70. The van der Waals surface area contributed by atoms with Gasteiger partial charge in [-0.3, -0.25) is 4.79 Å². The lowest BCUT2D eigenvalue weighted by molar-refractivity contribution is -0.121. The molecule has 0 aromatic heterocycles. The molecule has 3 nitrogen and oxygen atoms in total. The zero-order valence-corrected chi connectivity index (χ0v) is 10.9. The maximum atomic E-state index is 11.4. The van der Waals surface area contributed by atoms with Crippen molar-refractivity contribution in [2.24, 2.45) is 11.7 Å². The van der Waals surface area contributed by atoms with E-state index < -0.39 is 0 Å². The summed E-state index contributed by atoms with van der Waals surface area (Å²) in [5.74, 6) is 0.441. The van der Waals surface area contributed by atoms with Crippen LogP contribution in [0.4, 0.5) is 0 Å². The molecule has 0 spiro atoms. The highest BCUT2D eigenvalue weighted by Crippen LogP contribution is 2.04. The number of carbonyl (C=O) groups excluding carboxylic acids is 1. The van der Waals surface area contributed by atoms with Crippen molar-refractivity contribution in [3.63, 3.8) is 0 Å². The molecule has 0 aromatic carbocycles. The number of rotatable bonds is 10. The fourth-order valence-corrected chi connectivity index (χ4v) is 1.61. The van der Waals surface area contributed by atoms with Crippen molar-refractivity contribution in [1.82, 2.24) is 5.32 Å². The van der Waals surface area contributed by atoms with E-state index in [1.54, 1.807) is 0 Å². The Morgan fingerprint density at radius 3 is 2.44 bits per heavy atom. The minimum atomic E-state index is 0.145. The van der Waals surface area contributed by atoms with Crippen LogP contribution in [0.15, 0.2) is 0 Å². The molecule has 96 valence electrons. The van der Waals surface area contributed by atoms with Gasteiger partial charge in [0, 0.05) is 13.0 Å². The van der Waals surface area contributed by atoms with Gasteiger partial charge in [-0.2, -0.15) is 0 Å². The Labute approximate surface area is 100 Å². The van der Waals surface area contributed by atoms with Crippen LogP contribution in [0.3, 0.4) is 0 Å². The smallest absolute Gasteiger partial charge is 0.220 e. The molecule has 1 unspecified atom stereocenters. The Morgan fingerprint density at radius 2 is 1.81 bits per heavy atom. The van der Waals surface area contributed by atoms with Crippen LogP contribution >= 0.6 is 0 Å². The Bertz CT molecular complexity index is 171. The van der Waals surface area contributed by atoms with E-state index >= 15 is 0 Å². The van der Waals surface area contributed by atoms with Gasteiger partial charge in [-0.1, -0.05) is 46.0 Å². The highest BCUT2D eigenvalue weighted by molar-refractivity contribution is 5.76. The number of hydrogen-bond acceptors (Lipinski definition) is 2. The summed E-state index contributed by atoms with van der Waals surface area (Å²) in [7, 11) is 0. The Hall–Kier alpha value is -0.570. The molecule has 0 heterocycles. The van der Waals surface area contributed by atoms with Gasteiger partial charge in [-0.25, -0.2) is 0 Å². The van der Waals surface area contributed by atoms with Gasteiger partial charge in [0.05, 0.1) is 0 Å². The van der Waals surface area contributed by atoms with Crippen molar-refractivity contribution in [2.75, 3.05) is 13.1 Å². The topological polar surface area (TPSA) is 55.1 Å². The largest absolute Gasteiger partial charge is 0.356 e. The second-order valence-corrected chi connectivity index (χ2v) is 4.66. The van der Waals surface area contributed by atoms with Crippen LogP contribution in [-0.2, 0) is 4.79 Å². The first-order valence-electron chi connectivity index (χ1n) is 6.67. The molecule has 0 aliphatic carbocycles. The molecule has 0 aromatic rings. The number of carbonyl (C=O) groups is 1. The molecule has 0 rings (SSSR count). The SMILES string of the molecule is CCCCCCCCNC(=O)CC(C)CN. The van der Waals surface area contributed by atoms with Crippen LogP contribution in [0.5, 0.6) is 0 Å². The molecule has 16 heavy (non-hydrogen) atoms. The minimum absolute atomic E-state index is 0.145. The van der Waals surface area contributed by atoms with Crippen LogP contribution in [0.25, 0.3) is 0 Å². The Morgan fingerprint density at radius 1 is 1.19 bits per heavy atom. The molecular formula is C13H28N2O. The van der Waals surface area contributed by atoms with Gasteiger partial charge < -0.3 is 11.1 Å². The Balaban J connectivity index is 3.21. The summed E-state index contributed by atoms with van der Waals surface area (Å²) in [6.45, 7) is 5.63. The molecule has 0 saturated carbocycles. The second-order valence-electron chi connectivity index (χ2n) is 4.66. The number of amides is 1. The van der Waals surface area contributed by atoms with Crippen LogP contribution < -0.4 is 11.1 Å². The van der Waals surface area contributed by atoms with E-state index in [9.17, 15) is 4.79 Å². The third-order valence-corrected chi connectivity index (χ3v) is 2.79. The normalized spacial score (nSPS) is 12.4. The summed E-state index contributed by atoms with van der Waals surface area (Å²) in [6, 6.07) is 0. The monoisotopic (exact) mass is 228 g/mol. The lowest BCUT2D eigenvalue weighted by atomic mass is 10.1. The second kappa shape index (κ2) is 10.9. The van der Waals surface area contributed by atoms with Gasteiger partial charge in [0.25, 0.3) is 0 Å². The van der Waals surface area contributed by atoms with Crippen LogP contribution in [0, 0.1) is 5.92 Å². The third-order valence-electron chi connectivity index (χ3n) is 2.79. The van der Waals surface area contributed by atoms with E-state index in [1.165, 1.54) is 32.1 Å². The fraction of sp³-hybridized carbons (Fsp3) is 0.923. The van der Waals surface area contributed by atoms with Gasteiger partial charge in [0.1, 0.15) is 0 Å². The first-order valence-corrected chi connectivity index (χ1v) is 6.67. The van der Waals surface area contributed by atoms with Crippen molar-refractivity contribution in [2.45, 2.75) is 58.8 Å². The van der Waals surface area contributed by atoms with Crippen LogP contribution in [0.1, 0.15) is 58.8 Å². The van der Waals surface area contributed by atoms with Crippen molar-refractivity contribution in [3.8, 4) is 0 Å². The summed E-state index contributed by atoms with van der Waals surface area (Å²) < 4.78 is 0. The molecule has 3 heteroatoms. The maximum Gasteiger partial charge on any atom is 0.220 e. The van der Waals surface area contributed by atoms with E-state index in [2.05, 4.69) is 12.2 Å². The average molecular weight is 228 g/mol. The van der Waals surface area contributed by atoms with E-state index in [0.717, 1.165) is 13.0 Å². The quantitative estimate of drug-likeness (QED) is 0.564. The van der Waals surface area contributed by atoms with E-state index in [0.29, 0.717) is 18.9 Å². The third kappa shape index (κ3) is 9.97.